The molecule has 82 valence electrons. The lowest BCUT2D eigenvalue weighted by molar-refractivity contribution is 0.114. The standard InChI is InChI=1S/C13H25N/c1-13(2)9-12(10-13)14-11-7-5-3-4-6-8-11/h11-12,14H,3-10H2,1-2H3. The van der Waals surface area contributed by atoms with Gasteiger partial charge < -0.3 is 5.32 Å². The van der Waals surface area contributed by atoms with E-state index in [1.54, 1.807) is 0 Å². The number of hydrogen-bond donors (Lipinski definition) is 1. The minimum Gasteiger partial charge on any atom is -0.311 e. The number of hydrogen-bond acceptors (Lipinski definition) is 1. The van der Waals surface area contributed by atoms with E-state index in [1.165, 1.54) is 51.4 Å². The third-order valence-electron chi connectivity index (χ3n) is 3.92. The predicted molar refractivity (Wildman–Crippen MR) is 61.4 cm³/mol. The van der Waals surface area contributed by atoms with Gasteiger partial charge in [0.2, 0.25) is 0 Å². The molecule has 0 aromatic carbocycles. The quantitative estimate of drug-likeness (QED) is 0.665. The lowest BCUT2D eigenvalue weighted by atomic mass is 9.68. The highest BCUT2D eigenvalue weighted by Crippen LogP contribution is 2.40. The Morgan fingerprint density at radius 3 is 1.93 bits per heavy atom. The fourth-order valence-corrected chi connectivity index (χ4v) is 3.17. The minimum atomic E-state index is 0.627. The third kappa shape index (κ3) is 2.73. The van der Waals surface area contributed by atoms with Crippen molar-refractivity contribution in [2.24, 2.45) is 5.41 Å². The summed E-state index contributed by atoms with van der Waals surface area (Å²) in [6.45, 7) is 4.77. The minimum absolute atomic E-state index is 0.627. The zero-order valence-corrected chi connectivity index (χ0v) is 9.81. The van der Waals surface area contributed by atoms with Crippen LogP contribution < -0.4 is 5.32 Å². The first kappa shape index (κ1) is 10.5. The molecule has 0 aromatic rings. The van der Waals surface area contributed by atoms with Crippen LogP contribution in [0.25, 0.3) is 0 Å². The molecule has 0 aliphatic heterocycles. The van der Waals surface area contributed by atoms with Crippen molar-refractivity contribution in [2.45, 2.75) is 77.3 Å². The number of nitrogens with one attached hydrogen (secondary N) is 1. The maximum atomic E-state index is 3.85. The molecule has 2 aliphatic rings. The largest absolute Gasteiger partial charge is 0.311 e. The summed E-state index contributed by atoms with van der Waals surface area (Å²) in [5.74, 6) is 0. The Bertz CT molecular complexity index is 170. The Morgan fingerprint density at radius 1 is 0.857 bits per heavy atom. The van der Waals surface area contributed by atoms with Crippen molar-refractivity contribution < 1.29 is 0 Å². The molecular formula is C13H25N. The summed E-state index contributed by atoms with van der Waals surface area (Å²) in [6, 6.07) is 1.69. The van der Waals surface area contributed by atoms with E-state index in [9.17, 15) is 0 Å². The molecule has 0 amide bonds. The molecule has 2 aliphatic carbocycles. The lowest BCUT2D eigenvalue weighted by Crippen LogP contribution is -2.49. The zero-order valence-electron chi connectivity index (χ0n) is 9.81. The molecule has 0 aromatic heterocycles. The Hall–Kier alpha value is -0.0400. The van der Waals surface area contributed by atoms with E-state index in [4.69, 9.17) is 0 Å². The van der Waals surface area contributed by atoms with Crippen LogP contribution >= 0.6 is 0 Å². The van der Waals surface area contributed by atoms with E-state index in [0.29, 0.717) is 5.41 Å². The van der Waals surface area contributed by atoms with Gasteiger partial charge in [-0.05, 0) is 31.1 Å². The van der Waals surface area contributed by atoms with Gasteiger partial charge >= 0.3 is 0 Å². The molecule has 0 spiro atoms. The third-order valence-corrected chi connectivity index (χ3v) is 3.92. The molecule has 0 bridgehead atoms. The molecule has 0 unspecified atom stereocenters. The van der Waals surface area contributed by atoms with Crippen molar-refractivity contribution in [2.75, 3.05) is 0 Å². The van der Waals surface area contributed by atoms with Gasteiger partial charge in [-0.2, -0.15) is 0 Å². The van der Waals surface area contributed by atoms with Crippen molar-refractivity contribution in [1.29, 1.82) is 0 Å². The SMILES string of the molecule is CC1(C)CC(NC2CCCCCC2)C1. The first-order valence-electron chi connectivity index (χ1n) is 6.42. The van der Waals surface area contributed by atoms with Crippen LogP contribution in [-0.2, 0) is 0 Å². The Balaban J connectivity index is 1.69. The van der Waals surface area contributed by atoms with Crippen LogP contribution in [0.3, 0.4) is 0 Å². The second-order valence-corrected chi connectivity index (χ2v) is 6.12. The van der Waals surface area contributed by atoms with E-state index in [-0.39, 0.29) is 0 Å². The van der Waals surface area contributed by atoms with E-state index >= 15 is 0 Å². The fraction of sp³-hybridized carbons (Fsp3) is 1.00. The molecule has 2 rings (SSSR count). The van der Waals surface area contributed by atoms with Crippen LogP contribution in [-0.4, -0.2) is 12.1 Å². The number of rotatable bonds is 2. The molecular weight excluding hydrogens is 170 g/mol. The highest BCUT2D eigenvalue weighted by Gasteiger charge is 2.36. The summed E-state index contributed by atoms with van der Waals surface area (Å²) in [4.78, 5) is 0. The monoisotopic (exact) mass is 195 g/mol. The Morgan fingerprint density at radius 2 is 1.43 bits per heavy atom. The normalized spacial score (nSPS) is 29.6. The van der Waals surface area contributed by atoms with Gasteiger partial charge in [0.05, 0.1) is 0 Å². The van der Waals surface area contributed by atoms with Crippen molar-refractivity contribution in [3.8, 4) is 0 Å². The summed E-state index contributed by atoms with van der Waals surface area (Å²) < 4.78 is 0. The predicted octanol–water partition coefficient (Wildman–Crippen LogP) is 3.49. The average Bonchev–Trinajstić information content (AvgIpc) is 2.29. The molecule has 1 heteroatoms. The van der Waals surface area contributed by atoms with E-state index in [1.807, 2.05) is 0 Å². The lowest BCUT2D eigenvalue weighted by Gasteiger charge is -2.44. The van der Waals surface area contributed by atoms with Gasteiger partial charge in [-0.1, -0.05) is 39.5 Å². The average molecular weight is 195 g/mol. The second-order valence-electron chi connectivity index (χ2n) is 6.12. The molecule has 0 saturated heterocycles. The van der Waals surface area contributed by atoms with Gasteiger partial charge in [0.15, 0.2) is 0 Å². The fourth-order valence-electron chi connectivity index (χ4n) is 3.17. The topological polar surface area (TPSA) is 12.0 Å². The Labute approximate surface area is 88.7 Å². The first-order chi connectivity index (χ1) is 6.66. The van der Waals surface area contributed by atoms with Crippen molar-refractivity contribution in [1.82, 2.24) is 5.32 Å². The summed E-state index contributed by atoms with van der Waals surface area (Å²) in [6.07, 6.45) is 11.5. The van der Waals surface area contributed by atoms with Gasteiger partial charge in [0.1, 0.15) is 0 Å². The van der Waals surface area contributed by atoms with Gasteiger partial charge in [0.25, 0.3) is 0 Å². The van der Waals surface area contributed by atoms with Gasteiger partial charge in [-0.25, -0.2) is 0 Å². The summed E-state index contributed by atoms with van der Waals surface area (Å²) in [5.41, 5.74) is 0.627. The Kier molecular flexibility index (Phi) is 3.16. The van der Waals surface area contributed by atoms with Crippen molar-refractivity contribution >= 4 is 0 Å². The molecule has 2 fully saturated rings. The van der Waals surface area contributed by atoms with Crippen molar-refractivity contribution in [3.05, 3.63) is 0 Å². The molecule has 0 atom stereocenters. The van der Waals surface area contributed by atoms with Crippen molar-refractivity contribution in [3.63, 3.8) is 0 Å². The van der Waals surface area contributed by atoms with Crippen LogP contribution in [0.1, 0.15) is 65.2 Å². The molecule has 14 heavy (non-hydrogen) atoms. The summed E-state index contributed by atoms with van der Waals surface area (Å²) >= 11 is 0. The van der Waals surface area contributed by atoms with Gasteiger partial charge in [-0.3, -0.25) is 0 Å². The summed E-state index contributed by atoms with van der Waals surface area (Å²) in [5, 5.41) is 3.85. The van der Waals surface area contributed by atoms with Crippen LogP contribution in [0.2, 0.25) is 0 Å². The molecule has 1 nitrogen and oxygen atoms in total. The maximum Gasteiger partial charge on any atom is 0.00798 e. The van der Waals surface area contributed by atoms with Crippen LogP contribution in [0.4, 0.5) is 0 Å². The maximum absolute atomic E-state index is 3.85. The van der Waals surface area contributed by atoms with Crippen LogP contribution in [0.5, 0.6) is 0 Å². The molecule has 1 N–H and O–H groups in total. The molecule has 0 radical (unpaired) electrons. The first-order valence-corrected chi connectivity index (χ1v) is 6.42. The highest BCUT2D eigenvalue weighted by molar-refractivity contribution is 4.93. The van der Waals surface area contributed by atoms with E-state index in [2.05, 4.69) is 19.2 Å². The summed E-state index contributed by atoms with van der Waals surface area (Å²) in [7, 11) is 0. The van der Waals surface area contributed by atoms with E-state index in [0.717, 1.165) is 12.1 Å². The van der Waals surface area contributed by atoms with Gasteiger partial charge in [-0.15, -0.1) is 0 Å². The van der Waals surface area contributed by atoms with Crippen LogP contribution in [0.15, 0.2) is 0 Å². The second kappa shape index (κ2) is 4.22. The van der Waals surface area contributed by atoms with Gasteiger partial charge in [0, 0.05) is 12.1 Å². The highest BCUT2D eigenvalue weighted by atomic mass is 15.0. The molecule has 2 saturated carbocycles. The van der Waals surface area contributed by atoms with E-state index < -0.39 is 0 Å². The smallest absolute Gasteiger partial charge is 0.00798 e. The zero-order chi connectivity index (χ0) is 10.0. The van der Waals surface area contributed by atoms with Crippen LogP contribution in [0, 0.1) is 5.41 Å². The molecule has 0 heterocycles.